The molecule has 4 nitrogen and oxygen atoms in total. The lowest BCUT2D eigenvalue weighted by atomic mass is 10.2. The lowest BCUT2D eigenvalue weighted by Crippen LogP contribution is -1.94. The van der Waals surface area contributed by atoms with Crippen molar-refractivity contribution < 1.29 is 14.6 Å². The van der Waals surface area contributed by atoms with E-state index >= 15 is 0 Å². The fourth-order valence-electron chi connectivity index (χ4n) is 0.850. The lowest BCUT2D eigenvalue weighted by Gasteiger charge is -1.95. The third-order valence-electron chi connectivity index (χ3n) is 1.62. The van der Waals surface area contributed by atoms with Crippen molar-refractivity contribution in [2.24, 2.45) is 0 Å². The number of pyridine rings is 1. The largest absolute Gasteiger partial charge is 0.466 e. The summed E-state index contributed by atoms with van der Waals surface area (Å²) in [5.74, 6) is -0.418. The van der Waals surface area contributed by atoms with Gasteiger partial charge in [-0.25, -0.2) is 4.79 Å². The molecule has 0 bridgehead atoms. The second-order valence-electron chi connectivity index (χ2n) is 2.61. The Labute approximate surface area is 81.9 Å². The quantitative estimate of drug-likeness (QED) is 0.568. The first-order valence-corrected chi connectivity index (χ1v) is 4.08. The molecule has 0 amide bonds. The summed E-state index contributed by atoms with van der Waals surface area (Å²) in [5.41, 5.74) is 1.38. The van der Waals surface area contributed by atoms with E-state index in [2.05, 4.69) is 9.72 Å². The summed E-state index contributed by atoms with van der Waals surface area (Å²) in [5, 5.41) is 8.75. The molecule has 0 unspecified atom stereocenters. The van der Waals surface area contributed by atoms with Crippen LogP contribution in [0.4, 0.5) is 0 Å². The maximum Gasteiger partial charge on any atom is 0.330 e. The van der Waals surface area contributed by atoms with Gasteiger partial charge in [0.15, 0.2) is 0 Å². The van der Waals surface area contributed by atoms with E-state index in [4.69, 9.17) is 5.11 Å². The Balaban J connectivity index is 2.68. The van der Waals surface area contributed by atoms with Crippen LogP contribution in [0.15, 0.2) is 24.4 Å². The number of ether oxygens (including phenoxy) is 1. The molecule has 0 radical (unpaired) electrons. The van der Waals surface area contributed by atoms with Crippen LogP contribution >= 0.6 is 0 Å². The van der Waals surface area contributed by atoms with Crippen molar-refractivity contribution in [1.82, 2.24) is 4.98 Å². The van der Waals surface area contributed by atoms with E-state index in [1.54, 1.807) is 24.4 Å². The fraction of sp³-hybridized carbons (Fsp3) is 0.200. The molecule has 1 aromatic heterocycles. The molecule has 0 aliphatic heterocycles. The van der Waals surface area contributed by atoms with Gasteiger partial charge in [0, 0.05) is 12.3 Å². The molecule has 1 rings (SSSR count). The Hall–Kier alpha value is -1.68. The van der Waals surface area contributed by atoms with Crippen LogP contribution in [0.3, 0.4) is 0 Å². The number of carbonyl (C=O) groups excluding carboxylic acids is 1. The van der Waals surface area contributed by atoms with Gasteiger partial charge in [0.1, 0.15) is 0 Å². The van der Waals surface area contributed by atoms with E-state index in [9.17, 15) is 4.79 Å². The molecule has 0 saturated carbocycles. The lowest BCUT2D eigenvalue weighted by molar-refractivity contribution is -0.134. The molecule has 0 aliphatic rings. The third-order valence-corrected chi connectivity index (χ3v) is 1.62. The van der Waals surface area contributed by atoms with Crippen LogP contribution < -0.4 is 0 Å². The van der Waals surface area contributed by atoms with Gasteiger partial charge in [-0.1, -0.05) is 6.07 Å². The first-order valence-electron chi connectivity index (χ1n) is 4.08. The minimum atomic E-state index is -0.418. The molecule has 74 valence electrons. The van der Waals surface area contributed by atoms with Crippen molar-refractivity contribution in [3.8, 4) is 0 Å². The first-order chi connectivity index (χ1) is 6.76. The normalized spacial score (nSPS) is 10.4. The van der Waals surface area contributed by atoms with Crippen molar-refractivity contribution in [3.05, 3.63) is 35.7 Å². The van der Waals surface area contributed by atoms with E-state index in [-0.39, 0.29) is 6.61 Å². The van der Waals surface area contributed by atoms with Gasteiger partial charge in [0.05, 0.1) is 19.4 Å². The highest BCUT2D eigenvalue weighted by atomic mass is 16.5. The number of hydrogen-bond donors (Lipinski definition) is 1. The van der Waals surface area contributed by atoms with E-state index in [1.807, 2.05) is 0 Å². The number of hydrogen-bond acceptors (Lipinski definition) is 4. The summed E-state index contributed by atoms with van der Waals surface area (Å²) in [7, 11) is 1.31. The van der Waals surface area contributed by atoms with Crippen LogP contribution in [0.5, 0.6) is 0 Å². The van der Waals surface area contributed by atoms with Crippen LogP contribution in [0, 0.1) is 0 Å². The first kappa shape index (κ1) is 10.4. The summed E-state index contributed by atoms with van der Waals surface area (Å²) in [6.45, 7) is -0.0337. The number of aliphatic hydroxyl groups is 1. The van der Waals surface area contributed by atoms with Crippen molar-refractivity contribution in [1.29, 1.82) is 0 Å². The average Bonchev–Trinajstić information content (AvgIpc) is 2.26. The van der Waals surface area contributed by atoms with Gasteiger partial charge in [-0.2, -0.15) is 0 Å². The Morgan fingerprint density at radius 1 is 1.64 bits per heavy atom. The van der Waals surface area contributed by atoms with E-state index in [0.717, 1.165) is 5.56 Å². The van der Waals surface area contributed by atoms with E-state index in [0.29, 0.717) is 5.69 Å². The number of methoxy groups -OCH3 is 1. The summed E-state index contributed by atoms with van der Waals surface area (Å²) in [6, 6.07) is 3.45. The number of carbonyl (C=O) groups is 1. The van der Waals surface area contributed by atoms with Crippen molar-refractivity contribution in [3.63, 3.8) is 0 Å². The second-order valence-corrected chi connectivity index (χ2v) is 2.61. The molecule has 1 aromatic rings. The van der Waals surface area contributed by atoms with Crippen molar-refractivity contribution >= 4 is 12.0 Å². The number of aromatic nitrogens is 1. The van der Waals surface area contributed by atoms with E-state index in [1.165, 1.54) is 13.2 Å². The molecule has 0 aromatic carbocycles. The van der Waals surface area contributed by atoms with Crippen LogP contribution in [0.25, 0.3) is 6.08 Å². The molecule has 1 N–H and O–H groups in total. The molecular weight excluding hydrogens is 182 g/mol. The molecule has 0 atom stereocenters. The maximum atomic E-state index is 10.7. The van der Waals surface area contributed by atoms with Gasteiger partial charge in [-0.05, 0) is 17.7 Å². The van der Waals surface area contributed by atoms with Gasteiger partial charge in [0.25, 0.3) is 0 Å². The zero-order chi connectivity index (χ0) is 10.4. The van der Waals surface area contributed by atoms with Gasteiger partial charge in [-0.15, -0.1) is 0 Å². The van der Waals surface area contributed by atoms with Crippen LogP contribution in [0.2, 0.25) is 0 Å². The molecule has 1 heterocycles. The Morgan fingerprint density at radius 2 is 2.43 bits per heavy atom. The average molecular weight is 193 g/mol. The van der Waals surface area contributed by atoms with Gasteiger partial charge < -0.3 is 9.84 Å². The zero-order valence-electron chi connectivity index (χ0n) is 7.80. The summed E-state index contributed by atoms with van der Waals surface area (Å²) in [4.78, 5) is 14.7. The fourth-order valence-corrected chi connectivity index (χ4v) is 0.850. The Morgan fingerprint density at radius 3 is 2.93 bits per heavy atom. The third kappa shape index (κ3) is 2.99. The van der Waals surface area contributed by atoms with Gasteiger partial charge in [0.2, 0.25) is 0 Å². The molecule has 14 heavy (non-hydrogen) atoms. The Bertz CT molecular complexity index is 330. The highest BCUT2D eigenvalue weighted by Crippen LogP contribution is 2.01. The standard InChI is InChI=1S/C10H11NO3/c1-14-10(13)5-4-9-3-2-8(7-12)6-11-9/h2-6,12H,7H2,1H3. The smallest absolute Gasteiger partial charge is 0.330 e. The van der Waals surface area contributed by atoms with Crippen molar-refractivity contribution in [2.45, 2.75) is 6.61 Å². The van der Waals surface area contributed by atoms with Crippen LogP contribution in [-0.2, 0) is 16.1 Å². The SMILES string of the molecule is COC(=O)C=Cc1ccc(CO)cn1. The summed E-state index contributed by atoms with van der Waals surface area (Å²) >= 11 is 0. The molecule has 0 aliphatic carbocycles. The van der Waals surface area contributed by atoms with Gasteiger partial charge >= 0.3 is 5.97 Å². The highest BCUT2D eigenvalue weighted by molar-refractivity contribution is 5.86. The highest BCUT2D eigenvalue weighted by Gasteiger charge is 1.93. The molecule has 0 spiro atoms. The second kappa shape index (κ2) is 5.14. The Kier molecular flexibility index (Phi) is 3.82. The van der Waals surface area contributed by atoms with Crippen molar-refractivity contribution in [2.75, 3.05) is 7.11 Å². The van der Waals surface area contributed by atoms with Gasteiger partial charge in [-0.3, -0.25) is 4.98 Å². The molecule has 0 fully saturated rings. The number of aliphatic hydroxyl groups excluding tert-OH is 1. The van der Waals surface area contributed by atoms with Crippen LogP contribution in [0.1, 0.15) is 11.3 Å². The molecular formula is C10H11NO3. The monoisotopic (exact) mass is 193 g/mol. The predicted octanol–water partition coefficient (Wildman–Crippen LogP) is 0.760. The minimum absolute atomic E-state index is 0.0337. The number of rotatable bonds is 3. The predicted molar refractivity (Wildman–Crippen MR) is 51.2 cm³/mol. The summed E-state index contributed by atoms with van der Waals surface area (Å²) < 4.78 is 4.42. The topological polar surface area (TPSA) is 59.4 Å². The van der Waals surface area contributed by atoms with E-state index < -0.39 is 5.97 Å². The molecule has 4 heteroatoms. The molecule has 0 saturated heterocycles. The van der Waals surface area contributed by atoms with Crippen LogP contribution in [-0.4, -0.2) is 23.2 Å². The zero-order valence-corrected chi connectivity index (χ0v) is 7.80. The summed E-state index contributed by atoms with van der Waals surface area (Å²) in [6.07, 6.45) is 4.39. The minimum Gasteiger partial charge on any atom is -0.466 e. The number of esters is 1. The number of nitrogens with zero attached hydrogens (tertiary/aromatic N) is 1. The maximum absolute atomic E-state index is 10.7.